The number of rotatable bonds is 12. The van der Waals surface area contributed by atoms with Crippen molar-refractivity contribution in [1.82, 2.24) is 9.97 Å². The lowest BCUT2D eigenvalue weighted by Gasteiger charge is -2.16. The van der Waals surface area contributed by atoms with Crippen LogP contribution in [-0.2, 0) is 33.9 Å². The summed E-state index contributed by atoms with van der Waals surface area (Å²) in [4.78, 5) is 9.14. The highest BCUT2D eigenvalue weighted by atomic mass is 32.2. The Labute approximate surface area is 173 Å². The second kappa shape index (κ2) is 11.1. The van der Waals surface area contributed by atoms with Crippen LogP contribution in [0.15, 0.2) is 30.3 Å². The second-order valence-corrected chi connectivity index (χ2v) is 8.91. The van der Waals surface area contributed by atoms with Crippen molar-refractivity contribution in [3.8, 4) is 11.8 Å². The maximum atomic E-state index is 11.4. The van der Waals surface area contributed by atoms with Gasteiger partial charge in [-0.15, -0.1) is 0 Å². The van der Waals surface area contributed by atoms with Crippen LogP contribution in [0.5, 0.6) is 11.8 Å². The highest BCUT2D eigenvalue weighted by Crippen LogP contribution is 2.26. The van der Waals surface area contributed by atoms with E-state index in [1.165, 1.54) is 0 Å². The van der Waals surface area contributed by atoms with E-state index in [4.69, 9.17) is 13.7 Å². The molecule has 8 heteroatoms. The molecule has 160 valence electrons. The molecule has 2 aromatic rings. The molecular weight excluding hydrogens is 392 g/mol. The van der Waals surface area contributed by atoms with Gasteiger partial charge in [0.15, 0.2) is 0 Å². The molecule has 0 saturated carbocycles. The van der Waals surface area contributed by atoms with Gasteiger partial charge in [-0.3, -0.25) is 4.18 Å². The van der Waals surface area contributed by atoms with Gasteiger partial charge in [0.1, 0.15) is 24.6 Å². The lowest BCUT2D eigenvalue weighted by molar-refractivity contribution is 0.251. The first-order valence-electron chi connectivity index (χ1n) is 9.82. The molecule has 0 N–H and O–H groups in total. The van der Waals surface area contributed by atoms with Crippen LogP contribution in [-0.4, -0.2) is 31.2 Å². The van der Waals surface area contributed by atoms with E-state index in [0.29, 0.717) is 48.7 Å². The monoisotopic (exact) mass is 422 g/mol. The van der Waals surface area contributed by atoms with Crippen molar-refractivity contribution in [2.45, 2.75) is 53.2 Å². The van der Waals surface area contributed by atoms with Gasteiger partial charge >= 0.3 is 0 Å². The summed E-state index contributed by atoms with van der Waals surface area (Å²) >= 11 is 0. The van der Waals surface area contributed by atoms with Gasteiger partial charge in [-0.05, 0) is 24.3 Å². The van der Waals surface area contributed by atoms with Crippen LogP contribution < -0.4 is 9.47 Å². The Morgan fingerprint density at radius 3 is 2.24 bits per heavy atom. The quantitative estimate of drug-likeness (QED) is 0.378. The molecule has 0 aliphatic rings. The van der Waals surface area contributed by atoms with Crippen molar-refractivity contribution < 1.29 is 22.1 Å². The average Bonchev–Trinajstić information content (AvgIpc) is 2.66. The zero-order valence-electron chi connectivity index (χ0n) is 17.6. The van der Waals surface area contributed by atoms with Gasteiger partial charge in [0.2, 0.25) is 11.8 Å². The van der Waals surface area contributed by atoms with Gasteiger partial charge in [-0.2, -0.15) is 8.42 Å². The molecule has 0 atom stereocenters. The normalized spacial score (nSPS) is 11.6. The Kier molecular flexibility index (Phi) is 8.85. The minimum atomic E-state index is -3.63. The van der Waals surface area contributed by atoms with Gasteiger partial charge in [0, 0.05) is 0 Å². The van der Waals surface area contributed by atoms with Crippen molar-refractivity contribution in [1.29, 1.82) is 0 Å². The molecule has 0 aliphatic heterocycles. The molecule has 1 aromatic carbocycles. The minimum Gasteiger partial charge on any atom is -0.476 e. The zero-order chi connectivity index (χ0) is 21.3. The van der Waals surface area contributed by atoms with Crippen LogP contribution >= 0.6 is 0 Å². The summed E-state index contributed by atoms with van der Waals surface area (Å²) in [6.07, 6.45) is 3.49. The van der Waals surface area contributed by atoms with E-state index in [-0.39, 0.29) is 6.61 Å². The summed E-state index contributed by atoms with van der Waals surface area (Å²) < 4.78 is 39.5. The van der Waals surface area contributed by atoms with Crippen LogP contribution in [0.1, 0.15) is 50.6 Å². The van der Waals surface area contributed by atoms with Gasteiger partial charge in [0.05, 0.1) is 12.9 Å². The molecule has 0 saturated heterocycles. The average molecular weight is 423 g/mol. The Morgan fingerprint density at radius 2 is 1.62 bits per heavy atom. The van der Waals surface area contributed by atoms with Crippen molar-refractivity contribution >= 4 is 10.1 Å². The maximum absolute atomic E-state index is 11.4. The predicted octanol–water partition coefficient (Wildman–Crippen LogP) is 3.91. The Balaban J connectivity index is 2.33. The van der Waals surface area contributed by atoms with Gasteiger partial charge < -0.3 is 9.47 Å². The molecule has 0 bridgehead atoms. The first-order valence-corrected chi connectivity index (χ1v) is 11.6. The third-order valence-corrected chi connectivity index (χ3v) is 4.48. The number of unbranched alkanes of at least 4 members (excludes halogenated alkanes) is 1. The SMILES string of the molecule is CCCCOc1nc(CC(C)C)c(OCc2ccccc2)nc1COS(C)(=O)=O. The number of benzene rings is 1. The Morgan fingerprint density at radius 1 is 0.966 bits per heavy atom. The zero-order valence-corrected chi connectivity index (χ0v) is 18.4. The number of hydrogen-bond donors (Lipinski definition) is 0. The number of ether oxygens (including phenoxy) is 2. The smallest absolute Gasteiger partial charge is 0.264 e. The molecule has 0 amide bonds. The van der Waals surface area contributed by atoms with E-state index in [1.54, 1.807) is 0 Å². The van der Waals surface area contributed by atoms with Crippen LogP contribution in [0, 0.1) is 5.92 Å². The second-order valence-electron chi connectivity index (χ2n) is 7.27. The molecule has 1 heterocycles. The Bertz CT molecular complexity index is 870. The van der Waals surface area contributed by atoms with E-state index in [2.05, 4.69) is 30.7 Å². The van der Waals surface area contributed by atoms with Crippen molar-refractivity contribution in [3.63, 3.8) is 0 Å². The fourth-order valence-electron chi connectivity index (χ4n) is 2.52. The van der Waals surface area contributed by atoms with Crippen molar-refractivity contribution in [3.05, 3.63) is 47.3 Å². The topological polar surface area (TPSA) is 87.6 Å². The molecule has 0 radical (unpaired) electrons. The molecule has 29 heavy (non-hydrogen) atoms. The standard InChI is InChI=1S/C21H30N2O5S/c1-5-6-12-26-21-19(15-28-29(4,24)25)23-20(18(22-21)13-16(2)3)27-14-17-10-8-7-9-11-17/h7-11,16H,5-6,12-15H2,1-4H3. The molecule has 0 unspecified atom stereocenters. The van der Waals surface area contributed by atoms with Crippen LogP contribution in [0.2, 0.25) is 0 Å². The fraction of sp³-hybridized carbons (Fsp3) is 0.524. The first-order chi connectivity index (χ1) is 13.8. The van der Waals surface area contributed by atoms with Crippen LogP contribution in [0.25, 0.3) is 0 Å². The summed E-state index contributed by atoms with van der Waals surface area (Å²) in [5.74, 6) is 1.01. The molecule has 1 aromatic heterocycles. The Hall–Kier alpha value is -2.19. The fourth-order valence-corrected chi connectivity index (χ4v) is 2.84. The predicted molar refractivity (Wildman–Crippen MR) is 111 cm³/mol. The molecular formula is C21H30N2O5S. The summed E-state index contributed by atoms with van der Waals surface area (Å²) in [5, 5.41) is 0. The van der Waals surface area contributed by atoms with E-state index < -0.39 is 10.1 Å². The largest absolute Gasteiger partial charge is 0.476 e. The summed E-state index contributed by atoms with van der Waals surface area (Å²) in [5.41, 5.74) is 2.00. The lowest BCUT2D eigenvalue weighted by Crippen LogP contribution is -2.13. The minimum absolute atomic E-state index is 0.253. The van der Waals surface area contributed by atoms with Crippen LogP contribution in [0.3, 0.4) is 0 Å². The van der Waals surface area contributed by atoms with E-state index in [1.807, 2.05) is 30.3 Å². The number of aromatic nitrogens is 2. The summed E-state index contributed by atoms with van der Waals surface area (Å²) in [7, 11) is -3.63. The van der Waals surface area contributed by atoms with Crippen molar-refractivity contribution in [2.24, 2.45) is 5.92 Å². The summed E-state index contributed by atoms with van der Waals surface area (Å²) in [6.45, 7) is 6.79. The third-order valence-electron chi connectivity index (χ3n) is 3.93. The van der Waals surface area contributed by atoms with Crippen LogP contribution in [0.4, 0.5) is 0 Å². The maximum Gasteiger partial charge on any atom is 0.264 e. The lowest BCUT2D eigenvalue weighted by atomic mass is 10.1. The molecule has 0 aliphatic carbocycles. The summed E-state index contributed by atoms with van der Waals surface area (Å²) in [6, 6.07) is 9.75. The third kappa shape index (κ3) is 8.37. The van der Waals surface area contributed by atoms with Gasteiger partial charge in [-0.1, -0.05) is 57.5 Å². The van der Waals surface area contributed by atoms with E-state index in [0.717, 1.165) is 24.7 Å². The molecule has 2 rings (SSSR count). The first kappa shape index (κ1) is 23.1. The van der Waals surface area contributed by atoms with Crippen molar-refractivity contribution in [2.75, 3.05) is 12.9 Å². The number of nitrogens with zero attached hydrogens (tertiary/aromatic N) is 2. The molecule has 0 spiro atoms. The highest BCUT2D eigenvalue weighted by Gasteiger charge is 2.19. The van der Waals surface area contributed by atoms with Gasteiger partial charge in [-0.25, -0.2) is 9.97 Å². The van der Waals surface area contributed by atoms with Gasteiger partial charge in [0.25, 0.3) is 10.1 Å². The number of hydrogen-bond acceptors (Lipinski definition) is 7. The molecule has 0 fully saturated rings. The van der Waals surface area contributed by atoms with E-state index >= 15 is 0 Å². The molecule has 7 nitrogen and oxygen atoms in total. The van der Waals surface area contributed by atoms with E-state index in [9.17, 15) is 8.42 Å². The highest BCUT2D eigenvalue weighted by molar-refractivity contribution is 7.85.